The lowest BCUT2D eigenvalue weighted by atomic mass is 10.2. The third-order valence-corrected chi connectivity index (χ3v) is 2.45. The Hall–Kier alpha value is -0.780. The van der Waals surface area contributed by atoms with Gasteiger partial charge in [0.2, 0.25) is 0 Å². The molecule has 0 N–H and O–H groups in total. The van der Waals surface area contributed by atoms with Crippen LogP contribution in [0.25, 0.3) is 10.9 Å². The summed E-state index contributed by atoms with van der Waals surface area (Å²) in [4.78, 5) is 0. The first kappa shape index (κ1) is 7.85. The minimum absolute atomic E-state index is 0.250. The van der Waals surface area contributed by atoms with Gasteiger partial charge in [0, 0.05) is 8.96 Å². The van der Waals surface area contributed by atoms with Crippen molar-refractivity contribution in [1.82, 2.24) is 10.2 Å². The minimum Gasteiger partial charge on any atom is -0.206 e. The molecule has 1 aromatic carbocycles. The number of aromatic nitrogens is 2. The summed E-state index contributed by atoms with van der Waals surface area (Å²) < 4.78 is 14.0. The van der Waals surface area contributed by atoms with Crippen molar-refractivity contribution in [1.29, 1.82) is 0 Å². The molecule has 0 fully saturated rings. The predicted octanol–water partition coefficient (Wildman–Crippen LogP) is 2.37. The summed E-state index contributed by atoms with van der Waals surface area (Å²) in [6, 6.07) is 4.75. The fourth-order valence-electron chi connectivity index (χ4n) is 1.02. The van der Waals surface area contributed by atoms with Crippen LogP contribution in [-0.4, -0.2) is 10.2 Å². The zero-order chi connectivity index (χ0) is 8.55. The Morgan fingerprint density at radius 3 is 2.83 bits per heavy atom. The quantitative estimate of drug-likeness (QED) is 0.689. The molecule has 60 valence electrons. The van der Waals surface area contributed by atoms with Crippen LogP contribution >= 0.6 is 22.6 Å². The van der Waals surface area contributed by atoms with Crippen molar-refractivity contribution in [2.45, 2.75) is 0 Å². The Kier molecular flexibility index (Phi) is 1.92. The summed E-state index contributed by atoms with van der Waals surface area (Å²) in [6.45, 7) is 0. The Labute approximate surface area is 81.9 Å². The van der Waals surface area contributed by atoms with E-state index in [-0.39, 0.29) is 5.82 Å². The van der Waals surface area contributed by atoms with Crippen LogP contribution in [0.1, 0.15) is 0 Å². The van der Waals surface area contributed by atoms with E-state index in [1.54, 1.807) is 12.1 Å². The Morgan fingerprint density at radius 2 is 2.08 bits per heavy atom. The number of rotatable bonds is 0. The van der Waals surface area contributed by atoms with Gasteiger partial charge < -0.3 is 0 Å². The molecule has 0 bridgehead atoms. The maximum absolute atomic E-state index is 13.1. The van der Waals surface area contributed by atoms with E-state index in [1.165, 1.54) is 12.3 Å². The Balaban J connectivity index is 2.95. The van der Waals surface area contributed by atoms with Gasteiger partial charge in [-0.05, 0) is 40.8 Å². The van der Waals surface area contributed by atoms with Crippen molar-refractivity contribution in [3.8, 4) is 0 Å². The lowest BCUT2D eigenvalue weighted by molar-refractivity contribution is 0.639. The molecule has 4 heteroatoms. The van der Waals surface area contributed by atoms with Gasteiger partial charge in [-0.25, -0.2) is 4.39 Å². The molecule has 0 aliphatic heterocycles. The molecule has 0 aliphatic rings. The molecule has 2 nitrogen and oxygen atoms in total. The summed E-state index contributed by atoms with van der Waals surface area (Å²) in [6.07, 6.45) is 1.49. The normalized spacial score (nSPS) is 10.5. The summed E-state index contributed by atoms with van der Waals surface area (Å²) in [5.74, 6) is -0.250. The highest BCUT2D eigenvalue weighted by molar-refractivity contribution is 14.1. The van der Waals surface area contributed by atoms with Crippen LogP contribution in [-0.2, 0) is 0 Å². The molecule has 0 aliphatic carbocycles. The molecule has 0 saturated carbocycles. The average Bonchev–Trinajstić information content (AvgIpc) is 2.12. The molecule has 2 aromatic rings. The number of hydrogen-bond acceptors (Lipinski definition) is 2. The van der Waals surface area contributed by atoms with Crippen LogP contribution in [0, 0.1) is 9.39 Å². The highest BCUT2D eigenvalue weighted by Gasteiger charge is 2.03. The SMILES string of the molecule is Fc1ccc(I)c2nnccc12. The summed E-state index contributed by atoms with van der Waals surface area (Å²) in [7, 11) is 0. The third-order valence-electron chi connectivity index (χ3n) is 1.58. The number of fused-ring (bicyclic) bond motifs is 1. The smallest absolute Gasteiger partial charge is 0.132 e. The van der Waals surface area contributed by atoms with E-state index in [4.69, 9.17) is 0 Å². The molecule has 1 aromatic heterocycles. The predicted molar refractivity (Wildman–Crippen MR) is 52.2 cm³/mol. The molecule has 0 radical (unpaired) electrons. The van der Waals surface area contributed by atoms with Crippen LogP contribution in [0.15, 0.2) is 24.4 Å². The molecule has 12 heavy (non-hydrogen) atoms. The molecule has 2 rings (SSSR count). The van der Waals surface area contributed by atoms with E-state index < -0.39 is 0 Å². The number of nitrogens with zero attached hydrogens (tertiary/aromatic N) is 2. The van der Waals surface area contributed by atoms with Crippen molar-refractivity contribution in [2.75, 3.05) is 0 Å². The fraction of sp³-hybridized carbons (Fsp3) is 0. The first-order valence-electron chi connectivity index (χ1n) is 3.34. The van der Waals surface area contributed by atoms with E-state index in [2.05, 4.69) is 32.8 Å². The van der Waals surface area contributed by atoms with Gasteiger partial charge in [0.1, 0.15) is 11.3 Å². The lowest BCUT2D eigenvalue weighted by Gasteiger charge is -1.98. The second-order valence-corrected chi connectivity index (χ2v) is 3.48. The average molecular weight is 274 g/mol. The van der Waals surface area contributed by atoms with E-state index in [0.29, 0.717) is 10.9 Å². The van der Waals surface area contributed by atoms with Crippen molar-refractivity contribution in [2.24, 2.45) is 0 Å². The van der Waals surface area contributed by atoms with Crippen LogP contribution in [0.2, 0.25) is 0 Å². The standard InChI is InChI=1S/C8H4FIN2/c9-6-1-2-7(10)8-5(6)3-4-11-12-8/h1-4H. The molecular formula is C8H4FIN2. The van der Waals surface area contributed by atoms with Crippen LogP contribution in [0.5, 0.6) is 0 Å². The van der Waals surface area contributed by atoms with E-state index >= 15 is 0 Å². The molecule has 1 heterocycles. The number of halogens is 2. The van der Waals surface area contributed by atoms with Crippen molar-refractivity contribution in [3.05, 3.63) is 33.8 Å². The maximum atomic E-state index is 13.1. The summed E-state index contributed by atoms with van der Waals surface area (Å²) >= 11 is 2.11. The van der Waals surface area contributed by atoms with Gasteiger partial charge in [-0.3, -0.25) is 0 Å². The fourth-order valence-corrected chi connectivity index (χ4v) is 1.59. The second kappa shape index (κ2) is 2.93. The molecule has 0 spiro atoms. The Morgan fingerprint density at radius 1 is 1.25 bits per heavy atom. The van der Waals surface area contributed by atoms with Gasteiger partial charge in [-0.1, -0.05) is 0 Å². The Bertz CT molecular complexity index is 390. The highest BCUT2D eigenvalue weighted by atomic mass is 127. The van der Waals surface area contributed by atoms with Crippen LogP contribution in [0.3, 0.4) is 0 Å². The monoisotopic (exact) mass is 274 g/mol. The van der Waals surface area contributed by atoms with Gasteiger partial charge in [-0.2, -0.15) is 5.10 Å². The molecule has 0 saturated heterocycles. The van der Waals surface area contributed by atoms with E-state index in [9.17, 15) is 4.39 Å². The van der Waals surface area contributed by atoms with Crippen molar-refractivity contribution < 1.29 is 4.39 Å². The third kappa shape index (κ3) is 1.16. The topological polar surface area (TPSA) is 25.8 Å². The van der Waals surface area contributed by atoms with Gasteiger partial charge in [0.15, 0.2) is 0 Å². The first-order valence-corrected chi connectivity index (χ1v) is 4.42. The van der Waals surface area contributed by atoms with Gasteiger partial charge in [0.05, 0.1) is 6.20 Å². The molecule has 0 amide bonds. The molecular weight excluding hydrogens is 270 g/mol. The van der Waals surface area contributed by atoms with Crippen molar-refractivity contribution in [3.63, 3.8) is 0 Å². The molecule has 0 unspecified atom stereocenters. The number of benzene rings is 1. The van der Waals surface area contributed by atoms with Crippen molar-refractivity contribution >= 4 is 33.5 Å². The first-order chi connectivity index (χ1) is 5.79. The summed E-state index contributed by atoms with van der Waals surface area (Å²) in [5.41, 5.74) is 0.623. The van der Waals surface area contributed by atoms with Crippen LogP contribution < -0.4 is 0 Å². The highest BCUT2D eigenvalue weighted by Crippen LogP contribution is 2.19. The largest absolute Gasteiger partial charge is 0.206 e. The second-order valence-electron chi connectivity index (χ2n) is 2.32. The lowest BCUT2D eigenvalue weighted by Crippen LogP contribution is -1.88. The van der Waals surface area contributed by atoms with Crippen LogP contribution in [0.4, 0.5) is 4.39 Å². The van der Waals surface area contributed by atoms with E-state index in [1.807, 2.05) is 0 Å². The van der Waals surface area contributed by atoms with Gasteiger partial charge >= 0.3 is 0 Å². The minimum atomic E-state index is -0.250. The van der Waals surface area contributed by atoms with Gasteiger partial charge in [-0.15, -0.1) is 5.10 Å². The number of hydrogen-bond donors (Lipinski definition) is 0. The molecule has 0 atom stereocenters. The summed E-state index contributed by atoms with van der Waals surface area (Å²) in [5, 5.41) is 8.06. The maximum Gasteiger partial charge on any atom is 0.132 e. The zero-order valence-corrected chi connectivity index (χ0v) is 8.12. The zero-order valence-electron chi connectivity index (χ0n) is 5.96. The van der Waals surface area contributed by atoms with E-state index in [0.717, 1.165) is 3.57 Å². The van der Waals surface area contributed by atoms with Gasteiger partial charge in [0.25, 0.3) is 0 Å².